The fourth-order valence-electron chi connectivity index (χ4n) is 4.30. The summed E-state index contributed by atoms with van der Waals surface area (Å²) in [6, 6.07) is 2.05. The quantitative estimate of drug-likeness (QED) is 0.923. The van der Waals surface area contributed by atoms with Gasteiger partial charge in [-0.2, -0.15) is 0 Å². The van der Waals surface area contributed by atoms with E-state index in [1.807, 2.05) is 6.92 Å². The zero-order valence-electron chi connectivity index (χ0n) is 14.4. The van der Waals surface area contributed by atoms with Crippen molar-refractivity contribution >= 4 is 0 Å². The molecule has 1 N–H and O–H groups in total. The number of likely N-dealkylation sites (tertiary alicyclic amines) is 1. The molecule has 0 bridgehead atoms. The minimum Gasteiger partial charge on any atom is -0.503 e. The summed E-state index contributed by atoms with van der Waals surface area (Å²) < 4.78 is 2.28. The van der Waals surface area contributed by atoms with Gasteiger partial charge in [-0.05, 0) is 45.7 Å². The second kappa shape index (κ2) is 7.52. The fraction of sp³-hybridized carbons (Fsp3) is 0.737. The lowest BCUT2D eigenvalue weighted by Crippen LogP contribution is -2.30. The summed E-state index contributed by atoms with van der Waals surface area (Å²) in [6.07, 6.45) is 11.2. The Kier molecular flexibility index (Phi) is 5.42. The van der Waals surface area contributed by atoms with E-state index in [-0.39, 0.29) is 11.2 Å². The highest BCUT2D eigenvalue weighted by molar-refractivity contribution is 5.30. The monoisotopic (exact) mass is 318 g/mol. The molecule has 2 heterocycles. The Hall–Kier alpha value is -1.29. The van der Waals surface area contributed by atoms with E-state index in [0.717, 1.165) is 37.3 Å². The van der Waals surface area contributed by atoms with Crippen molar-refractivity contribution in [2.45, 2.75) is 77.3 Å². The Morgan fingerprint density at radius 1 is 1.04 bits per heavy atom. The van der Waals surface area contributed by atoms with Crippen LogP contribution in [0.2, 0.25) is 0 Å². The van der Waals surface area contributed by atoms with Gasteiger partial charge >= 0.3 is 0 Å². The summed E-state index contributed by atoms with van der Waals surface area (Å²) in [5, 5.41) is 10.5. The molecule has 4 heteroatoms. The van der Waals surface area contributed by atoms with Gasteiger partial charge in [-0.25, -0.2) is 0 Å². The second-order valence-corrected chi connectivity index (χ2v) is 7.30. The van der Waals surface area contributed by atoms with Gasteiger partial charge in [0.05, 0.1) is 5.69 Å². The van der Waals surface area contributed by atoms with Crippen LogP contribution >= 0.6 is 0 Å². The van der Waals surface area contributed by atoms with Gasteiger partial charge in [-0.3, -0.25) is 9.69 Å². The van der Waals surface area contributed by atoms with Crippen LogP contribution < -0.4 is 5.43 Å². The van der Waals surface area contributed by atoms with Crippen molar-refractivity contribution < 1.29 is 5.11 Å². The van der Waals surface area contributed by atoms with Crippen LogP contribution in [0.1, 0.15) is 75.2 Å². The Morgan fingerprint density at radius 2 is 1.65 bits per heavy atom. The smallest absolute Gasteiger partial charge is 0.223 e. The Labute approximate surface area is 139 Å². The molecule has 2 aliphatic rings. The van der Waals surface area contributed by atoms with E-state index in [1.165, 1.54) is 44.9 Å². The number of rotatable bonds is 3. The van der Waals surface area contributed by atoms with E-state index >= 15 is 0 Å². The number of aromatic hydroxyl groups is 1. The minimum atomic E-state index is -0.223. The summed E-state index contributed by atoms with van der Waals surface area (Å²) in [4.78, 5) is 14.5. The number of hydrogen-bond donors (Lipinski definition) is 1. The van der Waals surface area contributed by atoms with Gasteiger partial charge in [0.1, 0.15) is 0 Å². The number of pyridine rings is 1. The highest BCUT2D eigenvalue weighted by Gasteiger charge is 2.23. The van der Waals surface area contributed by atoms with Gasteiger partial charge in [0.15, 0.2) is 5.75 Å². The van der Waals surface area contributed by atoms with Crippen LogP contribution in [-0.4, -0.2) is 27.7 Å². The third kappa shape index (κ3) is 3.79. The first-order chi connectivity index (χ1) is 11.2. The summed E-state index contributed by atoms with van der Waals surface area (Å²) in [5.74, 6) is -0.0228. The van der Waals surface area contributed by atoms with Gasteiger partial charge in [0.25, 0.3) is 0 Å². The van der Waals surface area contributed by atoms with Crippen LogP contribution in [0.25, 0.3) is 0 Å². The van der Waals surface area contributed by atoms with Crippen LogP contribution in [-0.2, 0) is 6.54 Å². The van der Waals surface area contributed by atoms with Crippen LogP contribution in [0.4, 0.5) is 0 Å². The number of aryl methyl sites for hydroxylation is 1. The maximum absolute atomic E-state index is 12.1. The van der Waals surface area contributed by atoms with Crippen molar-refractivity contribution in [1.82, 2.24) is 9.47 Å². The molecule has 1 aromatic heterocycles. The second-order valence-electron chi connectivity index (χ2n) is 7.30. The molecule has 128 valence electrons. The lowest BCUT2D eigenvalue weighted by atomic mass is 9.94. The fourth-order valence-corrected chi connectivity index (χ4v) is 4.30. The van der Waals surface area contributed by atoms with Crippen molar-refractivity contribution in [1.29, 1.82) is 0 Å². The average Bonchev–Trinajstić information content (AvgIpc) is 2.82. The number of aromatic nitrogens is 1. The first-order valence-electron chi connectivity index (χ1n) is 9.33. The lowest BCUT2D eigenvalue weighted by molar-refractivity contribution is 0.250. The maximum atomic E-state index is 12.1. The molecule has 0 aromatic carbocycles. The molecule has 0 spiro atoms. The zero-order chi connectivity index (χ0) is 16.2. The molecule has 1 saturated carbocycles. The van der Waals surface area contributed by atoms with Gasteiger partial charge in [0, 0.05) is 24.3 Å². The highest BCUT2D eigenvalue weighted by atomic mass is 16.3. The summed E-state index contributed by atoms with van der Waals surface area (Å²) in [6.45, 7) is 4.87. The van der Waals surface area contributed by atoms with Gasteiger partial charge in [0.2, 0.25) is 5.43 Å². The van der Waals surface area contributed by atoms with Crippen molar-refractivity contribution in [3.63, 3.8) is 0 Å². The molecule has 0 atom stereocenters. The molecule has 0 unspecified atom stereocenters. The Morgan fingerprint density at radius 3 is 2.30 bits per heavy atom. The lowest BCUT2D eigenvalue weighted by Gasteiger charge is -2.31. The standard InChI is InChI=1S/C19H30N2O2/c1-15-13-18(22)19(23)17(14-20-11-7-2-3-8-12-20)21(15)16-9-5-4-6-10-16/h13,16,23H,2-12,14H2,1H3. The molecule has 2 fully saturated rings. The molecular weight excluding hydrogens is 288 g/mol. The predicted molar refractivity (Wildman–Crippen MR) is 93.0 cm³/mol. The largest absolute Gasteiger partial charge is 0.503 e. The topological polar surface area (TPSA) is 45.5 Å². The average molecular weight is 318 g/mol. The van der Waals surface area contributed by atoms with E-state index < -0.39 is 0 Å². The van der Waals surface area contributed by atoms with Crippen LogP contribution in [0.15, 0.2) is 10.9 Å². The van der Waals surface area contributed by atoms with Gasteiger partial charge < -0.3 is 9.67 Å². The van der Waals surface area contributed by atoms with Crippen molar-refractivity contribution in [2.75, 3.05) is 13.1 Å². The molecular formula is C19H30N2O2. The zero-order valence-corrected chi connectivity index (χ0v) is 14.4. The summed E-state index contributed by atoms with van der Waals surface area (Å²) in [7, 11) is 0. The molecule has 1 saturated heterocycles. The molecule has 1 aliphatic heterocycles. The van der Waals surface area contributed by atoms with E-state index in [4.69, 9.17) is 0 Å². The molecule has 1 aliphatic carbocycles. The SMILES string of the molecule is Cc1cc(=O)c(O)c(CN2CCCCCC2)n1C1CCCCC1. The Balaban J connectivity index is 1.93. The van der Waals surface area contributed by atoms with E-state index in [0.29, 0.717) is 12.6 Å². The van der Waals surface area contributed by atoms with Crippen LogP contribution in [0.3, 0.4) is 0 Å². The van der Waals surface area contributed by atoms with Gasteiger partial charge in [-0.1, -0.05) is 32.1 Å². The van der Waals surface area contributed by atoms with E-state index in [9.17, 15) is 9.90 Å². The molecule has 23 heavy (non-hydrogen) atoms. The molecule has 0 radical (unpaired) electrons. The first-order valence-corrected chi connectivity index (χ1v) is 9.33. The first kappa shape index (κ1) is 16.6. The van der Waals surface area contributed by atoms with Crippen LogP contribution in [0.5, 0.6) is 5.75 Å². The number of hydrogen-bond acceptors (Lipinski definition) is 3. The normalized spacial score (nSPS) is 21.3. The third-order valence-electron chi connectivity index (χ3n) is 5.53. The predicted octanol–water partition coefficient (Wildman–Crippen LogP) is 3.74. The molecule has 4 nitrogen and oxygen atoms in total. The summed E-state index contributed by atoms with van der Waals surface area (Å²) >= 11 is 0. The van der Waals surface area contributed by atoms with Crippen molar-refractivity contribution in [3.8, 4) is 5.75 Å². The van der Waals surface area contributed by atoms with E-state index in [2.05, 4.69) is 9.47 Å². The molecule has 3 rings (SSSR count). The Bertz CT molecular complexity index is 580. The summed E-state index contributed by atoms with van der Waals surface area (Å²) in [5.41, 5.74) is 1.63. The highest BCUT2D eigenvalue weighted by Crippen LogP contribution is 2.32. The van der Waals surface area contributed by atoms with Gasteiger partial charge in [-0.15, -0.1) is 0 Å². The molecule has 0 amide bonds. The minimum absolute atomic E-state index is 0.0228. The van der Waals surface area contributed by atoms with Crippen LogP contribution in [0, 0.1) is 6.92 Å². The third-order valence-corrected chi connectivity index (χ3v) is 5.53. The van der Waals surface area contributed by atoms with Crippen molar-refractivity contribution in [3.05, 3.63) is 27.7 Å². The number of nitrogens with zero attached hydrogens (tertiary/aromatic N) is 2. The maximum Gasteiger partial charge on any atom is 0.223 e. The van der Waals surface area contributed by atoms with E-state index in [1.54, 1.807) is 6.07 Å². The van der Waals surface area contributed by atoms with Crippen molar-refractivity contribution in [2.24, 2.45) is 0 Å². The molecule has 1 aromatic rings.